The number of hydrogen-bond acceptors (Lipinski definition) is 4. The normalized spacial score (nSPS) is 10.6. The Morgan fingerprint density at radius 2 is 1.29 bits per heavy atom. The zero-order valence-corrected chi connectivity index (χ0v) is 19.9. The van der Waals surface area contributed by atoms with E-state index < -0.39 is 0 Å². The fourth-order valence-corrected chi connectivity index (χ4v) is 4.15. The van der Waals surface area contributed by atoms with Gasteiger partial charge in [0.25, 0.3) is 5.17 Å². The lowest BCUT2D eigenvalue weighted by Crippen LogP contribution is -2.33. The zero-order valence-electron chi connectivity index (χ0n) is 19.0. The van der Waals surface area contributed by atoms with Gasteiger partial charge in [0.2, 0.25) is 0 Å². The maximum atomic E-state index is 6.09. The van der Waals surface area contributed by atoms with Gasteiger partial charge in [0.05, 0.1) is 22.4 Å². The van der Waals surface area contributed by atoms with E-state index >= 15 is 0 Å². The molecule has 0 aliphatic heterocycles. The molecule has 0 radical (unpaired) electrons. The third kappa shape index (κ3) is 4.95. The van der Waals surface area contributed by atoms with Crippen molar-refractivity contribution >= 4 is 34.1 Å². The van der Waals surface area contributed by atoms with Crippen molar-refractivity contribution in [3.8, 4) is 28.3 Å². The Morgan fingerprint density at radius 1 is 0.743 bits per heavy atom. The van der Waals surface area contributed by atoms with Gasteiger partial charge < -0.3 is 4.74 Å². The minimum Gasteiger partial charge on any atom is -0.431 e. The summed E-state index contributed by atoms with van der Waals surface area (Å²) < 4.78 is 6.09. The van der Waals surface area contributed by atoms with E-state index in [0.717, 1.165) is 39.2 Å². The van der Waals surface area contributed by atoms with E-state index in [9.17, 15) is 0 Å². The molecule has 0 aliphatic rings. The number of para-hydroxylation sites is 1. The Bertz CT molecular complexity index is 1470. The highest BCUT2D eigenvalue weighted by molar-refractivity contribution is 7.80. The van der Waals surface area contributed by atoms with E-state index in [4.69, 9.17) is 26.9 Å². The van der Waals surface area contributed by atoms with Crippen LogP contribution in [0.5, 0.6) is 5.75 Å². The molecule has 35 heavy (non-hydrogen) atoms. The van der Waals surface area contributed by atoms with Gasteiger partial charge in [-0.2, -0.15) is 0 Å². The standard InChI is InChI=1S/C30H23N3OS/c1-2-20-33(24-16-10-5-11-17-24)30(35)34-25-18-19-26-27(21-25)32-29(23-14-8-4-9-15-23)28(31-26)22-12-6-3-7-13-22/h2-19,21H,1,20H2. The molecule has 4 aromatic carbocycles. The van der Waals surface area contributed by atoms with Crippen molar-refractivity contribution in [1.82, 2.24) is 9.97 Å². The molecule has 0 saturated heterocycles. The predicted molar refractivity (Wildman–Crippen MR) is 148 cm³/mol. The number of anilines is 1. The third-order valence-corrected chi connectivity index (χ3v) is 5.84. The van der Waals surface area contributed by atoms with Crippen LogP contribution in [0.2, 0.25) is 0 Å². The molecule has 0 aliphatic carbocycles. The molecular weight excluding hydrogens is 450 g/mol. The Labute approximate surface area is 210 Å². The maximum absolute atomic E-state index is 6.09. The van der Waals surface area contributed by atoms with E-state index in [2.05, 4.69) is 18.7 Å². The van der Waals surface area contributed by atoms with Crippen LogP contribution in [-0.2, 0) is 0 Å². The highest BCUT2D eigenvalue weighted by Gasteiger charge is 2.16. The average Bonchev–Trinajstić information content (AvgIpc) is 2.92. The lowest BCUT2D eigenvalue weighted by Gasteiger charge is -2.23. The predicted octanol–water partition coefficient (Wildman–Crippen LogP) is 7.32. The molecular formula is C30H23N3OS. The van der Waals surface area contributed by atoms with Crippen LogP contribution in [0.4, 0.5) is 5.69 Å². The fraction of sp³-hybridized carbons (Fsp3) is 0.0333. The van der Waals surface area contributed by atoms with Gasteiger partial charge in [-0.25, -0.2) is 9.97 Å². The molecule has 4 nitrogen and oxygen atoms in total. The highest BCUT2D eigenvalue weighted by Crippen LogP contribution is 2.32. The van der Waals surface area contributed by atoms with Crippen molar-refractivity contribution in [3.05, 3.63) is 122 Å². The van der Waals surface area contributed by atoms with Crippen LogP contribution >= 0.6 is 12.2 Å². The van der Waals surface area contributed by atoms with Crippen molar-refractivity contribution in [2.75, 3.05) is 11.4 Å². The Morgan fingerprint density at radius 3 is 1.86 bits per heavy atom. The number of aromatic nitrogens is 2. The second-order valence-corrected chi connectivity index (χ2v) is 8.26. The van der Waals surface area contributed by atoms with Gasteiger partial charge in [0.15, 0.2) is 0 Å². The molecule has 5 aromatic rings. The minimum absolute atomic E-state index is 0.340. The first-order chi connectivity index (χ1) is 17.2. The first kappa shape index (κ1) is 22.4. The van der Waals surface area contributed by atoms with Gasteiger partial charge in [-0.05, 0) is 36.5 Å². The van der Waals surface area contributed by atoms with Crippen LogP contribution < -0.4 is 9.64 Å². The number of thiocarbonyl (C=S) groups is 1. The van der Waals surface area contributed by atoms with Crippen LogP contribution in [0.25, 0.3) is 33.5 Å². The molecule has 5 rings (SSSR count). The number of hydrogen-bond donors (Lipinski definition) is 0. The quantitative estimate of drug-likeness (QED) is 0.191. The molecule has 170 valence electrons. The number of benzene rings is 4. The summed E-state index contributed by atoms with van der Waals surface area (Å²) in [6, 6.07) is 35.8. The van der Waals surface area contributed by atoms with E-state index in [-0.39, 0.29) is 0 Å². The molecule has 5 heteroatoms. The van der Waals surface area contributed by atoms with Crippen molar-refractivity contribution in [1.29, 1.82) is 0 Å². The number of fused-ring (bicyclic) bond motifs is 1. The second-order valence-electron chi connectivity index (χ2n) is 7.91. The zero-order chi connectivity index (χ0) is 24.0. The first-order valence-corrected chi connectivity index (χ1v) is 11.7. The van der Waals surface area contributed by atoms with E-state index in [0.29, 0.717) is 17.5 Å². The summed E-state index contributed by atoms with van der Waals surface area (Å²) >= 11 is 5.63. The topological polar surface area (TPSA) is 38.2 Å². The SMILES string of the molecule is C=CCN(C(=S)Oc1ccc2nc(-c3ccccc3)c(-c3ccccc3)nc2c1)c1ccccc1. The fourth-order valence-electron chi connectivity index (χ4n) is 3.87. The van der Waals surface area contributed by atoms with Crippen molar-refractivity contribution in [3.63, 3.8) is 0 Å². The lowest BCUT2D eigenvalue weighted by molar-refractivity contribution is 0.550. The molecule has 0 spiro atoms. The second kappa shape index (κ2) is 10.3. The molecule has 0 bridgehead atoms. The summed E-state index contributed by atoms with van der Waals surface area (Å²) in [5.74, 6) is 0.605. The summed E-state index contributed by atoms with van der Waals surface area (Å²) in [6.07, 6.45) is 1.80. The molecule has 0 fully saturated rings. The molecule has 0 amide bonds. The molecule has 1 heterocycles. The van der Waals surface area contributed by atoms with Crippen molar-refractivity contribution in [2.24, 2.45) is 0 Å². The molecule has 0 N–H and O–H groups in total. The van der Waals surface area contributed by atoms with Crippen LogP contribution in [-0.4, -0.2) is 21.7 Å². The largest absolute Gasteiger partial charge is 0.431 e. The summed E-state index contributed by atoms with van der Waals surface area (Å²) in [5.41, 5.74) is 6.15. The Balaban J connectivity index is 1.53. The number of ether oxygens (including phenoxy) is 1. The molecule has 0 unspecified atom stereocenters. The van der Waals surface area contributed by atoms with Gasteiger partial charge in [0, 0.05) is 29.4 Å². The minimum atomic E-state index is 0.340. The number of nitrogens with zero attached hydrogens (tertiary/aromatic N) is 3. The third-order valence-electron chi connectivity index (χ3n) is 5.54. The van der Waals surface area contributed by atoms with E-state index in [1.54, 1.807) is 6.08 Å². The Kier molecular flexibility index (Phi) is 6.59. The van der Waals surface area contributed by atoms with Crippen molar-refractivity contribution < 1.29 is 4.74 Å². The Hall–Kier alpha value is -4.35. The van der Waals surface area contributed by atoms with Crippen LogP contribution in [0.15, 0.2) is 122 Å². The first-order valence-electron chi connectivity index (χ1n) is 11.3. The number of rotatable bonds is 6. The van der Waals surface area contributed by atoms with E-state index in [1.807, 2.05) is 102 Å². The molecule has 1 aromatic heterocycles. The van der Waals surface area contributed by atoms with Crippen molar-refractivity contribution in [2.45, 2.75) is 0 Å². The monoisotopic (exact) mass is 473 g/mol. The van der Waals surface area contributed by atoms with Crippen LogP contribution in [0.1, 0.15) is 0 Å². The highest BCUT2D eigenvalue weighted by atomic mass is 32.1. The van der Waals surface area contributed by atoms with Gasteiger partial charge >= 0.3 is 0 Å². The molecule has 0 saturated carbocycles. The molecule has 0 atom stereocenters. The average molecular weight is 474 g/mol. The summed E-state index contributed by atoms with van der Waals surface area (Å²) in [4.78, 5) is 11.9. The van der Waals surface area contributed by atoms with E-state index in [1.165, 1.54) is 0 Å². The summed E-state index contributed by atoms with van der Waals surface area (Å²) in [7, 11) is 0. The van der Waals surface area contributed by atoms with Gasteiger partial charge in [-0.15, -0.1) is 6.58 Å². The maximum Gasteiger partial charge on any atom is 0.269 e. The van der Waals surface area contributed by atoms with Crippen LogP contribution in [0, 0.1) is 0 Å². The summed E-state index contributed by atoms with van der Waals surface area (Å²) in [6.45, 7) is 4.39. The van der Waals surface area contributed by atoms with Gasteiger partial charge in [0.1, 0.15) is 5.75 Å². The van der Waals surface area contributed by atoms with Gasteiger partial charge in [-0.3, -0.25) is 4.90 Å². The lowest BCUT2D eigenvalue weighted by atomic mass is 10.0. The smallest absolute Gasteiger partial charge is 0.269 e. The van der Waals surface area contributed by atoms with Gasteiger partial charge in [-0.1, -0.05) is 84.9 Å². The van der Waals surface area contributed by atoms with Crippen LogP contribution in [0.3, 0.4) is 0 Å². The summed E-state index contributed by atoms with van der Waals surface area (Å²) in [5, 5.41) is 0.340.